The summed E-state index contributed by atoms with van der Waals surface area (Å²) in [7, 11) is 0. The fourth-order valence-electron chi connectivity index (χ4n) is 11.4. The Morgan fingerprint density at radius 1 is 0.278 bits per heavy atom. The smallest absolute Gasteiger partial charge is 0.546 e. The van der Waals surface area contributed by atoms with Crippen molar-refractivity contribution in [3.05, 3.63) is 36.5 Å². The summed E-state index contributed by atoms with van der Waals surface area (Å²) in [5.41, 5.74) is -5.72. The zero-order valence-electron chi connectivity index (χ0n) is 64.5. The molecule has 0 aromatic rings. The van der Waals surface area contributed by atoms with Crippen LogP contribution in [0.3, 0.4) is 0 Å². The molecule has 15 nitrogen and oxygen atoms in total. The third-order valence-corrected chi connectivity index (χ3v) is 17.2. The van der Waals surface area contributed by atoms with Crippen molar-refractivity contribution in [2.75, 3.05) is 39.6 Å². The number of unbranched alkanes of at least 4 members (excludes halogenated alkanes) is 36. The Hall–Kier alpha value is -3.07. The van der Waals surface area contributed by atoms with Gasteiger partial charge in [0.05, 0.1) is 56.0 Å². The average molecular weight is 1390 g/mol. The number of hydrogen-bond donors (Lipinski definition) is 0. The first-order chi connectivity index (χ1) is 46.1. The third-order valence-electron chi connectivity index (χ3n) is 17.2. The fourth-order valence-corrected chi connectivity index (χ4v) is 11.4. The second-order valence-electron chi connectivity index (χ2n) is 27.4. The molecule has 0 fully saturated rings. The van der Waals surface area contributed by atoms with E-state index in [1.54, 1.807) is 41.5 Å². The van der Waals surface area contributed by atoms with Gasteiger partial charge in [-0.3, -0.25) is 14.4 Å². The standard InChI is InChI=1S/3C27H50O5.Al/c3*1-5-6-7-8-9-10-11-12-13-14-15-16-17-18-19-20-22-31-23-21-27(25(4)28,26(29)30)32-24(2)3;/h3*12-13,24H,5-11,14-23H2,1-4H3,(H,29,30);/q;;;+3/p-3/b3*13-12-;. The van der Waals surface area contributed by atoms with Crippen molar-refractivity contribution in [3.8, 4) is 0 Å². The van der Waals surface area contributed by atoms with Crippen molar-refractivity contribution in [1.82, 2.24) is 0 Å². The van der Waals surface area contributed by atoms with E-state index in [0.29, 0.717) is 19.8 Å². The molecule has 564 valence electrons. The van der Waals surface area contributed by atoms with Gasteiger partial charge in [0.2, 0.25) is 0 Å². The number of Topliss-reactive ketones (excluding diaryl/α,β-unsaturated/α-hetero) is 3. The minimum Gasteiger partial charge on any atom is -0.546 e. The molecule has 0 aromatic heterocycles. The van der Waals surface area contributed by atoms with Gasteiger partial charge in [-0.25, -0.2) is 0 Å². The molecule has 0 rings (SSSR count). The van der Waals surface area contributed by atoms with Gasteiger partial charge in [-0.05, 0) is 159 Å². The maximum Gasteiger partial charge on any atom is 3.00 e. The monoisotopic (exact) mass is 1390 g/mol. The number of carboxylic acids is 3. The molecule has 97 heavy (non-hydrogen) atoms. The summed E-state index contributed by atoms with van der Waals surface area (Å²) in [5, 5.41) is 34.5. The summed E-state index contributed by atoms with van der Waals surface area (Å²) in [6.07, 6.45) is 65.7. The number of carboxylic acid groups (broad SMARTS) is 3. The molecule has 0 heterocycles. The van der Waals surface area contributed by atoms with Gasteiger partial charge in [0.15, 0.2) is 34.2 Å². The van der Waals surface area contributed by atoms with E-state index >= 15 is 0 Å². The van der Waals surface area contributed by atoms with Crippen molar-refractivity contribution in [1.29, 1.82) is 0 Å². The van der Waals surface area contributed by atoms with Crippen molar-refractivity contribution in [2.45, 2.75) is 407 Å². The summed E-state index contributed by atoms with van der Waals surface area (Å²) in [6.45, 7) is 22.9. The molecule has 0 aliphatic rings. The second kappa shape index (κ2) is 71.3. The molecule has 0 aliphatic carbocycles. The Labute approximate surface area is 605 Å². The van der Waals surface area contributed by atoms with E-state index in [9.17, 15) is 44.1 Å². The summed E-state index contributed by atoms with van der Waals surface area (Å²) in [4.78, 5) is 70.1. The quantitative estimate of drug-likeness (QED) is 0.0239. The van der Waals surface area contributed by atoms with E-state index in [0.717, 1.165) is 38.5 Å². The Bertz CT molecular complexity index is 1670. The van der Waals surface area contributed by atoms with Crippen LogP contribution in [0.1, 0.15) is 372 Å². The van der Waals surface area contributed by atoms with E-state index in [-0.39, 0.29) is 74.8 Å². The summed E-state index contributed by atoms with van der Waals surface area (Å²) in [5.74, 6) is -6.11. The Balaban J connectivity index is -0.000000665. The van der Waals surface area contributed by atoms with Crippen LogP contribution in [0, 0.1) is 0 Å². The van der Waals surface area contributed by atoms with Crippen LogP contribution in [0.5, 0.6) is 0 Å². The number of carbonyl (C=O) groups excluding carboxylic acids is 6. The van der Waals surface area contributed by atoms with Gasteiger partial charge in [-0.2, -0.15) is 0 Å². The number of carbonyl (C=O) groups is 6. The number of ether oxygens (including phenoxy) is 6. The Morgan fingerprint density at radius 3 is 0.598 bits per heavy atom. The first-order valence-corrected chi connectivity index (χ1v) is 39.0. The Kier molecular flexibility index (Phi) is 73.8. The van der Waals surface area contributed by atoms with Crippen molar-refractivity contribution in [2.24, 2.45) is 0 Å². The molecule has 0 bridgehead atoms. The van der Waals surface area contributed by atoms with Crippen LogP contribution < -0.4 is 15.3 Å². The van der Waals surface area contributed by atoms with Crippen LogP contribution in [-0.4, -0.2) is 127 Å². The van der Waals surface area contributed by atoms with Crippen LogP contribution in [0.25, 0.3) is 0 Å². The normalized spacial score (nSPS) is 13.5. The van der Waals surface area contributed by atoms with Crippen molar-refractivity contribution in [3.63, 3.8) is 0 Å². The van der Waals surface area contributed by atoms with Crippen molar-refractivity contribution >= 4 is 52.6 Å². The largest absolute Gasteiger partial charge is 3.00 e. The summed E-state index contributed by atoms with van der Waals surface area (Å²) in [6, 6.07) is 0. The van der Waals surface area contributed by atoms with Crippen molar-refractivity contribution < 1.29 is 72.5 Å². The number of allylic oxidation sites excluding steroid dienone is 6. The summed E-state index contributed by atoms with van der Waals surface area (Å²) < 4.78 is 32.9. The second-order valence-corrected chi connectivity index (χ2v) is 27.4. The average Bonchev–Trinajstić information content (AvgIpc) is 0.898. The van der Waals surface area contributed by atoms with E-state index < -0.39 is 52.1 Å². The van der Waals surface area contributed by atoms with Crippen LogP contribution >= 0.6 is 0 Å². The topological polar surface area (TPSA) is 227 Å². The molecule has 0 radical (unpaired) electrons. The van der Waals surface area contributed by atoms with Gasteiger partial charge >= 0.3 is 17.4 Å². The van der Waals surface area contributed by atoms with Crippen LogP contribution in [-0.2, 0) is 57.2 Å². The zero-order valence-corrected chi connectivity index (χ0v) is 65.6. The molecule has 0 saturated carbocycles. The van der Waals surface area contributed by atoms with Gasteiger partial charge in [0.1, 0.15) is 0 Å². The molecule has 3 unspecified atom stereocenters. The molecule has 0 saturated heterocycles. The van der Waals surface area contributed by atoms with Gasteiger partial charge in [0, 0.05) is 39.1 Å². The molecular weight excluding hydrogens is 1240 g/mol. The third kappa shape index (κ3) is 59.2. The van der Waals surface area contributed by atoms with Crippen LogP contribution in [0.15, 0.2) is 36.5 Å². The number of hydrogen-bond acceptors (Lipinski definition) is 15. The minimum atomic E-state index is -1.91. The fraction of sp³-hybridized carbons (Fsp3) is 0.852. The van der Waals surface area contributed by atoms with Gasteiger partial charge in [-0.1, -0.05) is 231 Å². The maximum absolute atomic E-state index is 11.9. The van der Waals surface area contributed by atoms with Crippen LogP contribution in [0.2, 0.25) is 0 Å². The predicted molar refractivity (Wildman–Crippen MR) is 394 cm³/mol. The molecule has 16 heteroatoms. The van der Waals surface area contributed by atoms with E-state index in [1.807, 2.05) is 0 Å². The molecule has 3 atom stereocenters. The predicted octanol–water partition coefficient (Wildman–Crippen LogP) is 17.4. The molecule has 0 amide bonds. The summed E-state index contributed by atoms with van der Waals surface area (Å²) >= 11 is 0. The van der Waals surface area contributed by atoms with Gasteiger partial charge in [0.25, 0.3) is 0 Å². The van der Waals surface area contributed by atoms with E-state index in [4.69, 9.17) is 28.4 Å². The maximum atomic E-state index is 11.9. The molecule has 0 aliphatic heterocycles. The number of aliphatic carboxylic acids is 3. The van der Waals surface area contributed by atoms with Gasteiger partial charge < -0.3 is 58.1 Å². The molecule has 0 N–H and O–H groups in total. The molecular formula is C81H147AlO15. The van der Waals surface area contributed by atoms with Gasteiger partial charge in [-0.15, -0.1) is 0 Å². The first kappa shape index (κ1) is 100. The first-order valence-electron chi connectivity index (χ1n) is 39.0. The molecule has 0 spiro atoms. The number of rotatable bonds is 69. The SMILES string of the molecule is CCCCCCCC/C=C\CCCCCCCCOCCC(OC(C)C)(C(C)=O)C(=O)[O-].CCCCCCCC/C=C\CCCCCCCCOCCC(OC(C)C)(C(C)=O)C(=O)[O-].CCCCCCCC/C=C\CCCCCCCCOCCC(OC(C)C)(C(C)=O)C(=O)[O-].[Al+3]. The van der Waals surface area contributed by atoms with Crippen LogP contribution in [0.4, 0.5) is 0 Å². The zero-order chi connectivity index (χ0) is 72.2. The van der Waals surface area contributed by atoms with E-state index in [2.05, 4.69) is 57.2 Å². The number of ketones is 3. The van der Waals surface area contributed by atoms with E-state index in [1.165, 1.54) is 252 Å². The molecule has 0 aromatic carbocycles. The Morgan fingerprint density at radius 2 is 0.443 bits per heavy atom. The minimum absolute atomic E-state index is 0.